The Morgan fingerprint density at radius 3 is 2.56 bits per heavy atom. The Bertz CT molecular complexity index is 417. The molecule has 0 aliphatic heterocycles. The molecule has 96 valence electrons. The van der Waals surface area contributed by atoms with Gasteiger partial charge in [-0.1, -0.05) is 31.4 Å². The fraction of sp³-hybridized carbons (Fsp3) is 0.400. The van der Waals surface area contributed by atoms with Crippen molar-refractivity contribution in [1.29, 1.82) is 0 Å². The molecule has 0 fully saturated rings. The van der Waals surface area contributed by atoms with E-state index in [1.54, 1.807) is 0 Å². The molecule has 0 aliphatic carbocycles. The van der Waals surface area contributed by atoms with Gasteiger partial charge in [0.1, 0.15) is 0 Å². The van der Waals surface area contributed by atoms with Crippen LogP contribution in [0.25, 0.3) is 0 Å². The molecule has 0 radical (unpaired) electrons. The van der Waals surface area contributed by atoms with E-state index in [0.29, 0.717) is 0 Å². The van der Waals surface area contributed by atoms with Gasteiger partial charge in [0, 0.05) is 19.2 Å². The van der Waals surface area contributed by atoms with Crippen molar-refractivity contribution >= 4 is 11.6 Å². The number of anilines is 1. The lowest BCUT2D eigenvalue weighted by atomic mass is 10.1. The lowest BCUT2D eigenvalue weighted by molar-refractivity contribution is -0.114. The van der Waals surface area contributed by atoms with Crippen LogP contribution in [0.15, 0.2) is 24.3 Å². The molecule has 0 aliphatic rings. The van der Waals surface area contributed by atoms with Crippen molar-refractivity contribution in [3.05, 3.63) is 29.8 Å². The molecule has 1 unspecified atom stereocenters. The van der Waals surface area contributed by atoms with E-state index >= 15 is 0 Å². The Labute approximate surface area is 109 Å². The molecule has 2 N–H and O–H groups in total. The third-order valence-corrected chi connectivity index (χ3v) is 2.61. The summed E-state index contributed by atoms with van der Waals surface area (Å²) in [6, 6.07) is 7.88. The summed E-state index contributed by atoms with van der Waals surface area (Å²) < 4.78 is 0. The fourth-order valence-corrected chi connectivity index (χ4v) is 1.68. The van der Waals surface area contributed by atoms with Crippen LogP contribution in [-0.2, 0) is 11.3 Å². The molecule has 0 saturated carbocycles. The minimum absolute atomic E-state index is 0.0591. The van der Waals surface area contributed by atoms with E-state index in [2.05, 4.69) is 23.5 Å². The molecular weight excluding hydrogens is 224 g/mol. The molecule has 0 heterocycles. The number of hydrogen-bond donors (Lipinski definition) is 2. The Morgan fingerprint density at radius 1 is 1.39 bits per heavy atom. The first-order chi connectivity index (χ1) is 8.65. The summed E-state index contributed by atoms with van der Waals surface area (Å²) in [6.45, 7) is 4.36. The van der Waals surface area contributed by atoms with Gasteiger partial charge in [-0.05, 0) is 24.1 Å². The van der Waals surface area contributed by atoms with Gasteiger partial charge in [0.15, 0.2) is 0 Å². The molecule has 0 spiro atoms. The highest BCUT2D eigenvalue weighted by molar-refractivity contribution is 5.88. The van der Waals surface area contributed by atoms with Crippen molar-refractivity contribution in [3.8, 4) is 12.3 Å². The molecule has 18 heavy (non-hydrogen) atoms. The van der Waals surface area contributed by atoms with Crippen molar-refractivity contribution in [2.75, 3.05) is 5.32 Å². The van der Waals surface area contributed by atoms with Gasteiger partial charge >= 0.3 is 0 Å². The second kappa shape index (κ2) is 7.52. The number of terminal acetylenes is 1. The number of nitrogens with one attached hydrogen (secondary N) is 2. The molecule has 0 saturated heterocycles. The zero-order chi connectivity index (χ0) is 13.4. The van der Waals surface area contributed by atoms with Gasteiger partial charge in [-0.2, -0.15) is 0 Å². The topological polar surface area (TPSA) is 41.1 Å². The summed E-state index contributed by atoms with van der Waals surface area (Å²) in [7, 11) is 0. The first-order valence-electron chi connectivity index (χ1n) is 6.21. The van der Waals surface area contributed by atoms with E-state index in [-0.39, 0.29) is 11.9 Å². The van der Waals surface area contributed by atoms with Crippen LogP contribution in [0.3, 0.4) is 0 Å². The van der Waals surface area contributed by atoms with E-state index in [1.807, 2.05) is 24.3 Å². The van der Waals surface area contributed by atoms with Crippen LogP contribution in [0.4, 0.5) is 5.69 Å². The molecule has 1 atom stereocenters. The highest BCUT2D eigenvalue weighted by Crippen LogP contribution is 2.09. The summed E-state index contributed by atoms with van der Waals surface area (Å²) in [4.78, 5) is 10.9. The van der Waals surface area contributed by atoms with Gasteiger partial charge in [-0.15, -0.1) is 6.42 Å². The molecular formula is C15H20N2O. The van der Waals surface area contributed by atoms with Gasteiger partial charge in [0.05, 0.1) is 6.04 Å². The molecule has 0 aromatic heterocycles. The monoisotopic (exact) mass is 244 g/mol. The smallest absolute Gasteiger partial charge is 0.221 e. The second-order valence-corrected chi connectivity index (χ2v) is 4.27. The minimum Gasteiger partial charge on any atom is -0.326 e. The van der Waals surface area contributed by atoms with Crippen LogP contribution in [-0.4, -0.2) is 11.9 Å². The van der Waals surface area contributed by atoms with Gasteiger partial charge in [0.25, 0.3) is 0 Å². The van der Waals surface area contributed by atoms with Crippen molar-refractivity contribution in [2.45, 2.75) is 39.3 Å². The third kappa shape index (κ3) is 5.03. The van der Waals surface area contributed by atoms with Gasteiger partial charge in [0.2, 0.25) is 5.91 Å². The summed E-state index contributed by atoms with van der Waals surface area (Å²) in [5, 5.41) is 6.06. The molecule has 0 bridgehead atoms. The van der Waals surface area contributed by atoms with E-state index in [0.717, 1.165) is 30.6 Å². The highest BCUT2D eigenvalue weighted by Gasteiger charge is 2.02. The van der Waals surface area contributed by atoms with Crippen LogP contribution in [0.2, 0.25) is 0 Å². The van der Waals surface area contributed by atoms with Crippen molar-refractivity contribution < 1.29 is 4.79 Å². The maximum Gasteiger partial charge on any atom is 0.221 e. The standard InChI is InChI=1S/C15H20N2O/c1-4-6-14(5-2)16-11-13-7-9-15(10-8-13)17-12(3)18/h2,7-10,14,16H,4,6,11H2,1,3H3,(H,17,18). The Kier molecular flexibility index (Phi) is 5.96. The summed E-state index contributed by atoms with van der Waals surface area (Å²) in [5.74, 6) is 2.68. The largest absolute Gasteiger partial charge is 0.326 e. The molecule has 1 rings (SSSR count). The van der Waals surface area contributed by atoms with Crippen molar-refractivity contribution in [1.82, 2.24) is 5.32 Å². The average Bonchev–Trinajstić information content (AvgIpc) is 2.35. The molecule has 1 amide bonds. The first kappa shape index (κ1) is 14.3. The number of benzene rings is 1. The normalized spacial score (nSPS) is 11.6. The second-order valence-electron chi connectivity index (χ2n) is 4.27. The van der Waals surface area contributed by atoms with E-state index < -0.39 is 0 Å². The Balaban J connectivity index is 2.48. The maximum absolute atomic E-state index is 10.9. The number of rotatable bonds is 6. The van der Waals surface area contributed by atoms with E-state index in [1.165, 1.54) is 6.92 Å². The fourth-order valence-electron chi connectivity index (χ4n) is 1.68. The zero-order valence-corrected chi connectivity index (χ0v) is 11.0. The Morgan fingerprint density at radius 2 is 2.06 bits per heavy atom. The quantitative estimate of drug-likeness (QED) is 0.755. The zero-order valence-electron chi connectivity index (χ0n) is 11.0. The molecule has 3 nitrogen and oxygen atoms in total. The van der Waals surface area contributed by atoms with Crippen molar-refractivity contribution in [2.24, 2.45) is 0 Å². The number of carbonyl (C=O) groups is 1. The van der Waals surface area contributed by atoms with Crippen LogP contribution >= 0.6 is 0 Å². The van der Waals surface area contributed by atoms with E-state index in [9.17, 15) is 4.79 Å². The van der Waals surface area contributed by atoms with Crippen molar-refractivity contribution in [3.63, 3.8) is 0 Å². The number of carbonyl (C=O) groups excluding carboxylic acids is 1. The van der Waals surface area contributed by atoms with Crippen LogP contribution in [0.1, 0.15) is 32.3 Å². The Hall–Kier alpha value is -1.79. The highest BCUT2D eigenvalue weighted by atomic mass is 16.1. The first-order valence-corrected chi connectivity index (χ1v) is 6.21. The molecule has 1 aromatic carbocycles. The lowest BCUT2D eigenvalue weighted by Crippen LogP contribution is -2.26. The van der Waals surface area contributed by atoms with E-state index in [4.69, 9.17) is 6.42 Å². The van der Waals surface area contributed by atoms with Gasteiger partial charge < -0.3 is 5.32 Å². The summed E-state index contributed by atoms with van der Waals surface area (Å²) in [5.41, 5.74) is 1.97. The van der Waals surface area contributed by atoms with Gasteiger partial charge in [-0.3, -0.25) is 10.1 Å². The maximum atomic E-state index is 10.9. The molecule has 1 aromatic rings. The lowest BCUT2D eigenvalue weighted by Gasteiger charge is -2.12. The SMILES string of the molecule is C#CC(CCC)NCc1ccc(NC(C)=O)cc1. The minimum atomic E-state index is -0.0591. The average molecular weight is 244 g/mol. The van der Waals surface area contributed by atoms with Gasteiger partial charge in [-0.25, -0.2) is 0 Å². The predicted molar refractivity (Wildman–Crippen MR) is 75.1 cm³/mol. The van der Waals surface area contributed by atoms with Crippen LogP contribution in [0.5, 0.6) is 0 Å². The summed E-state index contributed by atoms with van der Waals surface area (Å²) in [6.07, 6.45) is 7.50. The number of hydrogen-bond acceptors (Lipinski definition) is 2. The van der Waals surface area contributed by atoms with Crippen LogP contribution in [0, 0.1) is 12.3 Å². The molecule has 3 heteroatoms. The van der Waals surface area contributed by atoms with Crippen LogP contribution < -0.4 is 10.6 Å². The number of amides is 1. The summed E-state index contributed by atoms with van der Waals surface area (Å²) >= 11 is 0. The predicted octanol–water partition coefficient (Wildman–Crippen LogP) is 2.54. The third-order valence-electron chi connectivity index (χ3n) is 2.61.